The van der Waals surface area contributed by atoms with Crippen LogP contribution in [0, 0.1) is 15.9 Å². The molecule has 4 nitrogen and oxygen atoms in total. The van der Waals surface area contributed by atoms with Gasteiger partial charge in [-0.2, -0.15) is 0 Å². The van der Waals surface area contributed by atoms with E-state index < -0.39 is 10.7 Å². The van der Waals surface area contributed by atoms with E-state index in [9.17, 15) is 14.5 Å². The first-order valence-corrected chi connectivity index (χ1v) is 6.20. The largest absolute Gasteiger partial charge is 0.455 e. The van der Waals surface area contributed by atoms with Crippen molar-refractivity contribution >= 4 is 33.2 Å². The van der Waals surface area contributed by atoms with Crippen molar-refractivity contribution in [3.05, 3.63) is 61.8 Å². The molecule has 0 saturated carbocycles. The lowest BCUT2D eigenvalue weighted by Crippen LogP contribution is -1.92. The van der Waals surface area contributed by atoms with Gasteiger partial charge in [-0.1, -0.05) is 27.5 Å². The van der Waals surface area contributed by atoms with Gasteiger partial charge < -0.3 is 4.74 Å². The number of nitro groups is 1. The summed E-state index contributed by atoms with van der Waals surface area (Å²) in [5.41, 5.74) is -0.386. The van der Waals surface area contributed by atoms with Crippen LogP contribution in [0.5, 0.6) is 11.5 Å². The number of rotatable bonds is 3. The number of nitro benzene ring substituents is 1. The quantitative estimate of drug-likeness (QED) is 0.584. The summed E-state index contributed by atoms with van der Waals surface area (Å²) >= 11 is 9.17. The molecular weight excluding hydrogens is 340 g/mol. The number of hydrogen-bond acceptors (Lipinski definition) is 3. The molecule has 0 saturated heterocycles. The van der Waals surface area contributed by atoms with Crippen LogP contribution in [0.25, 0.3) is 0 Å². The molecule has 0 aromatic heterocycles. The minimum atomic E-state index is -0.752. The van der Waals surface area contributed by atoms with Crippen molar-refractivity contribution in [3.8, 4) is 11.5 Å². The van der Waals surface area contributed by atoms with Crippen molar-refractivity contribution < 1.29 is 14.1 Å². The average molecular weight is 347 g/mol. The molecule has 7 heteroatoms. The Labute approximate surface area is 121 Å². The first-order chi connectivity index (χ1) is 8.95. The van der Waals surface area contributed by atoms with Gasteiger partial charge in [-0.25, -0.2) is 4.39 Å². The van der Waals surface area contributed by atoms with Gasteiger partial charge in [-0.05, 0) is 18.2 Å². The molecule has 0 aliphatic rings. The van der Waals surface area contributed by atoms with E-state index in [2.05, 4.69) is 15.9 Å². The molecule has 0 unspecified atom stereocenters. The summed E-state index contributed by atoms with van der Waals surface area (Å²) in [6, 6.07) is 7.85. The number of ether oxygens (including phenoxy) is 1. The third-order valence-electron chi connectivity index (χ3n) is 2.19. The fraction of sp³-hybridized carbons (Fsp3) is 0. The Morgan fingerprint density at radius 1 is 1.26 bits per heavy atom. The molecule has 0 bridgehead atoms. The van der Waals surface area contributed by atoms with E-state index in [0.29, 0.717) is 5.02 Å². The maximum absolute atomic E-state index is 13.2. The molecule has 2 rings (SSSR count). The Bertz CT molecular complexity index is 651. The zero-order chi connectivity index (χ0) is 14.0. The van der Waals surface area contributed by atoms with E-state index in [4.69, 9.17) is 16.3 Å². The minimum absolute atomic E-state index is 0.0101. The summed E-state index contributed by atoms with van der Waals surface area (Å²) in [5.74, 6) is -0.460. The Morgan fingerprint density at radius 2 is 2.00 bits per heavy atom. The standard InChI is InChI=1S/C12H6BrClFNO3/c13-7-1-2-12(11(14)3-7)19-10-5-8(15)4-9(6-10)16(17)18/h1-6H. The maximum Gasteiger partial charge on any atom is 0.276 e. The van der Waals surface area contributed by atoms with Crippen molar-refractivity contribution in [3.63, 3.8) is 0 Å². The highest BCUT2D eigenvalue weighted by Crippen LogP contribution is 2.33. The second kappa shape index (κ2) is 5.54. The molecule has 98 valence electrons. The van der Waals surface area contributed by atoms with Crippen molar-refractivity contribution in [2.45, 2.75) is 0 Å². The number of nitrogens with zero attached hydrogens (tertiary/aromatic N) is 1. The van der Waals surface area contributed by atoms with Gasteiger partial charge in [0.15, 0.2) is 0 Å². The lowest BCUT2D eigenvalue weighted by Gasteiger charge is -2.07. The van der Waals surface area contributed by atoms with Crippen LogP contribution in [0.3, 0.4) is 0 Å². The third kappa shape index (κ3) is 3.42. The molecule has 0 amide bonds. The second-order valence-corrected chi connectivity index (χ2v) is 4.90. The van der Waals surface area contributed by atoms with Crippen molar-refractivity contribution in [2.75, 3.05) is 0 Å². The second-order valence-electron chi connectivity index (χ2n) is 3.58. The summed E-state index contributed by atoms with van der Waals surface area (Å²) in [5, 5.41) is 10.9. The van der Waals surface area contributed by atoms with Crippen LogP contribution in [-0.4, -0.2) is 4.92 Å². The van der Waals surface area contributed by atoms with Crippen LogP contribution >= 0.6 is 27.5 Å². The number of benzene rings is 2. The van der Waals surface area contributed by atoms with E-state index in [1.165, 1.54) is 0 Å². The smallest absolute Gasteiger partial charge is 0.276 e. The molecule has 0 spiro atoms. The van der Waals surface area contributed by atoms with E-state index in [-0.39, 0.29) is 17.2 Å². The Hall–Kier alpha value is -1.66. The molecule has 2 aromatic carbocycles. The molecule has 0 N–H and O–H groups in total. The molecule has 0 radical (unpaired) electrons. The first kappa shape index (κ1) is 13.8. The van der Waals surface area contributed by atoms with Crippen LogP contribution in [0.4, 0.5) is 10.1 Å². The van der Waals surface area contributed by atoms with Crippen LogP contribution in [0.15, 0.2) is 40.9 Å². The van der Waals surface area contributed by atoms with E-state index in [1.54, 1.807) is 18.2 Å². The molecule has 19 heavy (non-hydrogen) atoms. The van der Waals surface area contributed by atoms with Crippen LogP contribution < -0.4 is 4.74 Å². The van der Waals surface area contributed by atoms with E-state index in [1.807, 2.05) is 0 Å². The summed E-state index contributed by atoms with van der Waals surface area (Å²) < 4.78 is 19.3. The summed E-state index contributed by atoms with van der Waals surface area (Å²) in [7, 11) is 0. The number of halogens is 3. The molecule has 0 atom stereocenters. The van der Waals surface area contributed by atoms with Gasteiger partial charge in [0.25, 0.3) is 5.69 Å². The molecule has 0 aliphatic heterocycles. The lowest BCUT2D eigenvalue weighted by molar-refractivity contribution is -0.385. The fourth-order valence-corrected chi connectivity index (χ4v) is 2.11. The summed E-state index contributed by atoms with van der Waals surface area (Å²) in [6.07, 6.45) is 0. The first-order valence-electron chi connectivity index (χ1n) is 5.03. The van der Waals surface area contributed by atoms with Gasteiger partial charge >= 0.3 is 0 Å². The Morgan fingerprint density at radius 3 is 2.63 bits per heavy atom. The van der Waals surface area contributed by atoms with Crippen LogP contribution in [0.1, 0.15) is 0 Å². The SMILES string of the molecule is O=[N+]([O-])c1cc(F)cc(Oc2ccc(Br)cc2Cl)c1. The van der Waals surface area contributed by atoms with Gasteiger partial charge in [0.2, 0.25) is 0 Å². The van der Waals surface area contributed by atoms with Gasteiger partial charge in [-0.15, -0.1) is 0 Å². The minimum Gasteiger partial charge on any atom is -0.455 e. The maximum atomic E-state index is 13.2. The highest BCUT2D eigenvalue weighted by Gasteiger charge is 2.12. The zero-order valence-electron chi connectivity index (χ0n) is 9.27. The molecular formula is C12H6BrClFNO3. The summed E-state index contributed by atoms with van der Waals surface area (Å²) in [6.45, 7) is 0. The predicted molar refractivity (Wildman–Crippen MR) is 72.3 cm³/mol. The van der Waals surface area contributed by atoms with Gasteiger partial charge in [0.1, 0.15) is 17.3 Å². The number of non-ortho nitro benzene ring substituents is 1. The molecule has 2 aromatic rings. The number of hydrogen-bond donors (Lipinski definition) is 0. The molecule has 0 heterocycles. The van der Waals surface area contributed by atoms with Crippen molar-refractivity contribution in [1.29, 1.82) is 0 Å². The zero-order valence-corrected chi connectivity index (χ0v) is 11.6. The normalized spacial score (nSPS) is 10.3. The molecule has 0 fully saturated rings. The van der Waals surface area contributed by atoms with Gasteiger partial charge in [0, 0.05) is 10.5 Å². The predicted octanol–water partition coefficient (Wildman–Crippen LogP) is 4.94. The molecule has 0 aliphatic carbocycles. The average Bonchev–Trinajstić information content (AvgIpc) is 2.32. The summed E-state index contributed by atoms with van der Waals surface area (Å²) in [4.78, 5) is 9.93. The van der Waals surface area contributed by atoms with Crippen LogP contribution in [0.2, 0.25) is 5.02 Å². The van der Waals surface area contributed by atoms with E-state index in [0.717, 1.165) is 22.7 Å². The van der Waals surface area contributed by atoms with Gasteiger partial charge in [-0.3, -0.25) is 10.1 Å². The monoisotopic (exact) mass is 345 g/mol. The van der Waals surface area contributed by atoms with Crippen molar-refractivity contribution in [2.24, 2.45) is 0 Å². The topological polar surface area (TPSA) is 52.4 Å². The van der Waals surface area contributed by atoms with Crippen molar-refractivity contribution in [1.82, 2.24) is 0 Å². The Kier molecular flexibility index (Phi) is 4.01. The van der Waals surface area contributed by atoms with E-state index >= 15 is 0 Å². The highest BCUT2D eigenvalue weighted by atomic mass is 79.9. The fourth-order valence-electron chi connectivity index (χ4n) is 1.40. The Balaban J connectivity index is 2.35. The van der Waals surface area contributed by atoms with Crippen LogP contribution in [-0.2, 0) is 0 Å². The third-order valence-corrected chi connectivity index (χ3v) is 2.98. The highest BCUT2D eigenvalue weighted by molar-refractivity contribution is 9.10. The van der Waals surface area contributed by atoms with Gasteiger partial charge in [0.05, 0.1) is 22.1 Å². The lowest BCUT2D eigenvalue weighted by atomic mass is 10.3.